The molecule has 0 unspecified atom stereocenters. The lowest BCUT2D eigenvalue weighted by Gasteiger charge is -2.32. The average molecular weight is 364 g/mol. The lowest BCUT2D eigenvalue weighted by atomic mass is 9.78. The van der Waals surface area contributed by atoms with Crippen molar-refractivity contribution >= 4 is 29.3 Å². The van der Waals surface area contributed by atoms with Crippen LogP contribution in [0.5, 0.6) is 11.5 Å². The molecule has 4 rings (SSSR count). The third-order valence-corrected chi connectivity index (χ3v) is 4.72. The molecule has 0 fully saturated rings. The molecule has 138 valence electrons. The van der Waals surface area contributed by atoms with Crippen molar-refractivity contribution in [3.05, 3.63) is 53.6 Å². The number of hydrogen-bond donors (Lipinski definition) is 2. The van der Waals surface area contributed by atoms with Crippen molar-refractivity contribution in [3.8, 4) is 11.5 Å². The van der Waals surface area contributed by atoms with Gasteiger partial charge in [-0.25, -0.2) is 0 Å². The molecule has 2 aromatic carbocycles. The first-order valence-corrected chi connectivity index (χ1v) is 8.74. The van der Waals surface area contributed by atoms with Gasteiger partial charge in [-0.2, -0.15) is 0 Å². The molecule has 0 radical (unpaired) electrons. The standard InChI is InChI=1S/C21H20N2O4/c1-21(2)11-20(25)23-16-6-5-14(10-15(16)21)22-19(24)8-4-13-3-7-17-18(9-13)27-12-26-17/h3-10H,11-12H2,1-2H3,(H,22,24)(H,23,25)/b8-4+. The molecule has 0 spiro atoms. The van der Waals surface area contributed by atoms with Gasteiger partial charge in [0, 0.05) is 29.3 Å². The van der Waals surface area contributed by atoms with Gasteiger partial charge >= 0.3 is 0 Å². The van der Waals surface area contributed by atoms with Gasteiger partial charge in [0.25, 0.3) is 0 Å². The van der Waals surface area contributed by atoms with Crippen LogP contribution in [0.15, 0.2) is 42.5 Å². The minimum atomic E-state index is -0.277. The summed E-state index contributed by atoms with van der Waals surface area (Å²) >= 11 is 0. The van der Waals surface area contributed by atoms with Crippen molar-refractivity contribution in [1.82, 2.24) is 0 Å². The van der Waals surface area contributed by atoms with Crippen LogP contribution in [0.25, 0.3) is 6.08 Å². The molecule has 6 heteroatoms. The molecule has 6 nitrogen and oxygen atoms in total. The van der Waals surface area contributed by atoms with Crippen molar-refractivity contribution in [1.29, 1.82) is 0 Å². The van der Waals surface area contributed by atoms with E-state index in [-0.39, 0.29) is 24.0 Å². The maximum Gasteiger partial charge on any atom is 0.248 e. The van der Waals surface area contributed by atoms with Crippen LogP contribution in [-0.4, -0.2) is 18.6 Å². The largest absolute Gasteiger partial charge is 0.454 e. The van der Waals surface area contributed by atoms with Gasteiger partial charge < -0.3 is 20.1 Å². The third-order valence-electron chi connectivity index (χ3n) is 4.72. The maximum atomic E-state index is 12.3. The smallest absolute Gasteiger partial charge is 0.248 e. The minimum absolute atomic E-state index is 0.0101. The maximum absolute atomic E-state index is 12.3. The van der Waals surface area contributed by atoms with E-state index in [1.807, 2.05) is 44.2 Å². The summed E-state index contributed by atoms with van der Waals surface area (Å²) in [5.41, 5.74) is 3.08. The lowest BCUT2D eigenvalue weighted by Crippen LogP contribution is -2.32. The van der Waals surface area contributed by atoms with Gasteiger partial charge in [0.2, 0.25) is 18.6 Å². The van der Waals surface area contributed by atoms with Crippen LogP contribution >= 0.6 is 0 Å². The first-order valence-electron chi connectivity index (χ1n) is 8.74. The Morgan fingerprint density at radius 3 is 2.81 bits per heavy atom. The molecule has 2 N–H and O–H groups in total. The summed E-state index contributed by atoms with van der Waals surface area (Å²) in [4.78, 5) is 24.1. The SMILES string of the molecule is CC1(C)CC(=O)Nc2ccc(NC(=O)/C=C/c3ccc4c(c3)OCO4)cc21. The quantitative estimate of drug-likeness (QED) is 0.815. The third kappa shape index (κ3) is 3.51. The number of carbonyl (C=O) groups excluding carboxylic acids is 2. The summed E-state index contributed by atoms with van der Waals surface area (Å²) in [7, 11) is 0. The Bertz CT molecular complexity index is 963. The Balaban J connectivity index is 1.48. The first kappa shape index (κ1) is 17.1. The summed E-state index contributed by atoms with van der Waals surface area (Å²) in [6, 6.07) is 11.0. The normalized spacial score (nSPS) is 16.7. The summed E-state index contributed by atoms with van der Waals surface area (Å²) in [5.74, 6) is 1.16. The molecule has 0 saturated carbocycles. The predicted octanol–water partition coefficient (Wildman–Crippen LogP) is 3.69. The fraction of sp³-hybridized carbons (Fsp3) is 0.238. The number of fused-ring (bicyclic) bond motifs is 2. The van der Waals surface area contributed by atoms with E-state index in [2.05, 4.69) is 10.6 Å². The zero-order valence-corrected chi connectivity index (χ0v) is 15.2. The van der Waals surface area contributed by atoms with Crippen molar-refractivity contribution in [2.75, 3.05) is 17.4 Å². The number of benzene rings is 2. The fourth-order valence-corrected chi connectivity index (χ4v) is 3.35. The highest BCUT2D eigenvalue weighted by atomic mass is 16.7. The van der Waals surface area contributed by atoms with Crippen molar-refractivity contribution in [2.45, 2.75) is 25.7 Å². The molecule has 0 aromatic heterocycles. The second kappa shape index (κ2) is 6.46. The summed E-state index contributed by atoms with van der Waals surface area (Å²) in [6.45, 7) is 4.27. The van der Waals surface area contributed by atoms with Gasteiger partial charge in [0.1, 0.15) is 0 Å². The second-order valence-corrected chi connectivity index (χ2v) is 7.30. The molecule has 2 heterocycles. The minimum Gasteiger partial charge on any atom is -0.454 e. The van der Waals surface area contributed by atoms with Crippen LogP contribution in [0.2, 0.25) is 0 Å². The monoisotopic (exact) mass is 364 g/mol. The number of anilines is 2. The average Bonchev–Trinajstić information content (AvgIpc) is 3.07. The van der Waals surface area contributed by atoms with Gasteiger partial charge in [0.15, 0.2) is 11.5 Å². The molecule has 0 aliphatic carbocycles. The Kier molecular flexibility index (Phi) is 4.11. The van der Waals surface area contributed by atoms with Gasteiger partial charge in [-0.15, -0.1) is 0 Å². The number of hydrogen-bond acceptors (Lipinski definition) is 4. The van der Waals surface area contributed by atoms with Crippen LogP contribution in [0.4, 0.5) is 11.4 Å². The van der Waals surface area contributed by atoms with Crippen LogP contribution in [0.3, 0.4) is 0 Å². The highest BCUT2D eigenvalue weighted by Gasteiger charge is 2.32. The van der Waals surface area contributed by atoms with Crippen LogP contribution in [0, 0.1) is 0 Å². The molecule has 27 heavy (non-hydrogen) atoms. The second-order valence-electron chi connectivity index (χ2n) is 7.30. The Hall–Kier alpha value is -3.28. The highest BCUT2D eigenvalue weighted by Crippen LogP contribution is 2.38. The van der Waals surface area contributed by atoms with Gasteiger partial charge in [-0.1, -0.05) is 19.9 Å². The topological polar surface area (TPSA) is 76.7 Å². The predicted molar refractivity (Wildman–Crippen MR) is 103 cm³/mol. The van der Waals surface area contributed by atoms with E-state index in [1.165, 1.54) is 6.08 Å². The molecular formula is C21H20N2O4. The molecule has 2 amide bonds. The summed E-state index contributed by atoms with van der Waals surface area (Å²) in [5, 5.41) is 5.74. The number of amides is 2. The van der Waals surface area contributed by atoms with E-state index >= 15 is 0 Å². The van der Waals surface area contributed by atoms with E-state index < -0.39 is 0 Å². The molecule has 0 saturated heterocycles. The zero-order valence-electron chi connectivity index (χ0n) is 15.2. The fourth-order valence-electron chi connectivity index (χ4n) is 3.35. The Morgan fingerprint density at radius 1 is 1.15 bits per heavy atom. The first-order chi connectivity index (χ1) is 12.9. The molecule has 0 bridgehead atoms. The van der Waals surface area contributed by atoms with E-state index in [0.717, 1.165) is 16.8 Å². The highest BCUT2D eigenvalue weighted by molar-refractivity contribution is 6.02. The van der Waals surface area contributed by atoms with Crippen molar-refractivity contribution < 1.29 is 19.1 Å². The van der Waals surface area contributed by atoms with Crippen molar-refractivity contribution in [2.24, 2.45) is 0 Å². The van der Waals surface area contributed by atoms with Gasteiger partial charge in [-0.05, 0) is 47.5 Å². The van der Waals surface area contributed by atoms with E-state index in [1.54, 1.807) is 12.1 Å². The molecule has 0 atom stereocenters. The van der Waals surface area contributed by atoms with Crippen LogP contribution < -0.4 is 20.1 Å². The number of carbonyl (C=O) groups is 2. The van der Waals surface area contributed by atoms with Gasteiger partial charge in [-0.3, -0.25) is 9.59 Å². The molecular weight excluding hydrogens is 344 g/mol. The van der Waals surface area contributed by atoms with E-state index in [4.69, 9.17) is 9.47 Å². The van der Waals surface area contributed by atoms with Gasteiger partial charge in [0.05, 0.1) is 0 Å². The molecule has 2 aromatic rings. The molecule has 2 aliphatic rings. The number of ether oxygens (including phenoxy) is 2. The van der Waals surface area contributed by atoms with Crippen molar-refractivity contribution in [3.63, 3.8) is 0 Å². The Morgan fingerprint density at radius 2 is 1.96 bits per heavy atom. The lowest BCUT2D eigenvalue weighted by molar-refractivity contribution is -0.117. The summed E-state index contributed by atoms with van der Waals surface area (Å²) < 4.78 is 10.6. The zero-order chi connectivity index (χ0) is 19.0. The van der Waals surface area contributed by atoms with E-state index in [0.29, 0.717) is 23.6 Å². The van der Waals surface area contributed by atoms with E-state index in [9.17, 15) is 9.59 Å². The van der Waals surface area contributed by atoms with Crippen LogP contribution in [-0.2, 0) is 15.0 Å². The number of nitrogens with one attached hydrogen (secondary N) is 2. The molecule has 2 aliphatic heterocycles. The van der Waals surface area contributed by atoms with Crippen LogP contribution in [0.1, 0.15) is 31.4 Å². The summed E-state index contributed by atoms with van der Waals surface area (Å²) in [6.07, 6.45) is 3.62. The Labute approximate surface area is 157 Å². The number of rotatable bonds is 3.